The third kappa shape index (κ3) is 5.50. The van der Waals surface area contributed by atoms with Gasteiger partial charge >= 0.3 is 0 Å². The lowest BCUT2D eigenvalue weighted by Crippen LogP contribution is -2.38. The zero-order valence-electron chi connectivity index (χ0n) is 13.2. The predicted octanol–water partition coefficient (Wildman–Crippen LogP) is 0.924. The lowest BCUT2D eigenvalue weighted by atomic mass is 10.0. The molecule has 1 heterocycles. The van der Waals surface area contributed by atoms with Crippen LogP contribution in [0.2, 0.25) is 0 Å². The van der Waals surface area contributed by atoms with Crippen LogP contribution in [0.4, 0.5) is 0 Å². The Kier molecular flexibility index (Phi) is 7.55. The Hall–Kier alpha value is -1.07. The number of guanidine groups is 1. The number of aliphatic imine (C=N–C) groups is 1. The third-order valence-electron chi connectivity index (χ3n) is 3.47. The van der Waals surface area contributed by atoms with Gasteiger partial charge in [-0.25, -0.2) is 12.7 Å². The molecule has 0 fully saturated rings. The average Bonchev–Trinajstić information content (AvgIpc) is 2.47. The number of nitrogens with zero attached hydrogens (tertiary/aromatic N) is 2. The standard InChI is InChI=1S/C14H22N4O3S.HI/c1-18(2)22(19,20)10-8-16-14(15)17-12-7-9-21-13-6-4-3-5-11(12)13;/h3-6,12H,7-10H2,1-2H3,(H3,15,16,17);1H. The fourth-order valence-electron chi connectivity index (χ4n) is 2.18. The van der Waals surface area contributed by atoms with E-state index < -0.39 is 10.0 Å². The Labute approximate surface area is 154 Å². The van der Waals surface area contributed by atoms with Crippen LogP contribution in [0, 0.1) is 0 Å². The molecule has 1 aromatic rings. The molecule has 23 heavy (non-hydrogen) atoms. The number of para-hydroxylation sites is 1. The number of hydrogen-bond donors (Lipinski definition) is 2. The van der Waals surface area contributed by atoms with Gasteiger partial charge in [0.2, 0.25) is 10.0 Å². The smallest absolute Gasteiger partial charge is 0.215 e. The second kappa shape index (κ2) is 8.69. The number of hydrogen-bond acceptors (Lipinski definition) is 4. The molecule has 1 unspecified atom stereocenters. The summed E-state index contributed by atoms with van der Waals surface area (Å²) in [6.07, 6.45) is 0.781. The van der Waals surface area contributed by atoms with Crippen molar-refractivity contribution in [2.24, 2.45) is 10.7 Å². The molecule has 0 aromatic heterocycles. The maximum Gasteiger partial charge on any atom is 0.215 e. The van der Waals surface area contributed by atoms with E-state index in [1.165, 1.54) is 18.4 Å². The lowest BCUT2D eigenvalue weighted by molar-refractivity contribution is 0.262. The summed E-state index contributed by atoms with van der Waals surface area (Å²) >= 11 is 0. The molecule has 0 spiro atoms. The van der Waals surface area contributed by atoms with Gasteiger partial charge < -0.3 is 15.8 Å². The fraction of sp³-hybridized carbons (Fsp3) is 0.500. The highest BCUT2D eigenvalue weighted by atomic mass is 127. The number of fused-ring (bicyclic) bond motifs is 1. The lowest BCUT2D eigenvalue weighted by Gasteiger charge is -2.26. The number of halogens is 1. The van der Waals surface area contributed by atoms with Gasteiger partial charge in [-0.1, -0.05) is 18.2 Å². The summed E-state index contributed by atoms with van der Waals surface area (Å²) in [5, 5.41) is 3.13. The number of ether oxygens (including phenoxy) is 1. The van der Waals surface area contributed by atoms with Crippen LogP contribution in [0.25, 0.3) is 0 Å². The molecule has 1 aliphatic rings. The molecule has 0 saturated heterocycles. The van der Waals surface area contributed by atoms with Gasteiger partial charge in [-0.15, -0.1) is 24.0 Å². The molecule has 0 radical (unpaired) electrons. The molecular formula is C14H23IN4O3S. The van der Waals surface area contributed by atoms with Crippen LogP contribution in [0.15, 0.2) is 29.3 Å². The minimum atomic E-state index is -3.25. The molecule has 130 valence electrons. The molecule has 0 bridgehead atoms. The Morgan fingerprint density at radius 3 is 2.83 bits per heavy atom. The van der Waals surface area contributed by atoms with Gasteiger partial charge in [0.15, 0.2) is 5.96 Å². The van der Waals surface area contributed by atoms with Crippen LogP contribution in [0.1, 0.15) is 18.0 Å². The van der Waals surface area contributed by atoms with Crippen molar-refractivity contribution in [3.8, 4) is 5.75 Å². The summed E-state index contributed by atoms with van der Waals surface area (Å²) < 4.78 is 30.1. The quantitative estimate of drug-likeness (QED) is 0.392. The summed E-state index contributed by atoms with van der Waals surface area (Å²) in [6, 6.07) is 7.79. The zero-order chi connectivity index (χ0) is 16.2. The summed E-state index contributed by atoms with van der Waals surface area (Å²) in [6.45, 7) is 0.737. The minimum absolute atomic E-state index is 0. The number of nitrogens with two attached hydrogens (primary N) is 1. The Bertz CT molecular complexity index is 649. The zero-order valence-corrected chi connectivity index (χ0v) is 16.4. The van der Waals surface area contributed by atoms with Crippen LogP contribution in [0.3, 0.4) is 0 Å². The second-order valence-electron chi connectivity index (χ2n) is 5.24. The van der Waals surface area contributed by atoms with Crippen molar-refractivity contribution in [3.63, 3.8) is 0 Å². The van der Waals surface area contributed by atoms with E-state index in [1.54, 1.807) is 0 Å². The molecule has 3 N–H and O–H groups in total. The molecule has 0 saturated carbocycles. The third-order valence-corrected chi connectivity index (χ3v) is 5.28. The molecule has 0 aliphatic carbocycles. The van der Waals surface area contributed by atoms with Crippen molar-refractivity contribution in [1.29, 1.82) is 0 Å². The first-order valence-corrected chi connectivity index (χ1v) is 8.69. The van der Waals surface area contributed by atoms with E-state index in [4.69, 9.17) is 10.5 Å². The molecular weight excluding hydrogens is 431 g/mol. The monoisotopic (exact) mass is 454 g/mol. The number of nitrogens with one attached hydrogen (secondary N) is 1. The normalized spacial score (nSPS) is 17.9. The van der Waals surface area contributed by atoms with Crippen molar-refractivity contribution in [1.82, 2.24) is 9.62 Å². The van der Waals surface area contributed by atoms with Gasteiger partial charge in [0.05, 0.1) is 24.9 Å². The maximum atomic E-state index is 11.6. The SMILES string of the molecule is CN(C)S(=O)(=O)CCN=C(N)NC1CCOc2ccccc21.I. The van der Waals surface area contributed by atoms with E-state index in [0.29, 0.717) is 6.61 Å². The molecule has 1 aliphatic heterocycles. The highest BCUT2D eigenvalue weighted by molar-refractivity contribution is 14.0. The molecule has 2 rings (SSSR count). The van der Waals surface area contributed by atoms with Crippen molar-refractivity contribution < 1.29 is 13.2 Å². The van der Waals surface area contributed by atoms with E-state index in [0.717, 1.165) is 17.7 Å². The largest absolute Gasteiger partial charge is 0.493 e. The molecule has 9 heteroatoms. The van der Waals surface area contributed by atoms with Crippen LogP contribution in [-0.2, 0) is 10.0 Å². The van der Waals surface area contributed by atoms with Gasteiger partial charge in [0.25, 0.3) is 0 Å². The Morgan fingerprint density at radius 2 is 2.13 bits per heavy atom. The van der Waals surface area contributed by atoms with Gasteiger partial charge in [-0.3, -0.25) is 4.99 Å². The van der Waals surface area contributed by atoms with Crippen molar-refractivity contribution in [3.05, 3.63) is 29.8 Å². The Morgan fingerprint density at radius 1 is 1.43 bits per heavy atom. The topological polar surface area (TPSA) is 97.0 Å². The van der Waals surface area contributed by atoms with Crippen molar-refractivity contribution in [2.75, 3.05) is 33.0 Å². The molecule has 7 nitrogen and oxygen atoms in total. The minimum Gasteiger partial charge on any atom is -0.493 e. The summed E-state index contributed by atoms with van der Waals surface area (Å²) in [7, 11) is -0.253. The second-order valence-corrected chi connectivity index (χ2v) is 7.54. The summed E-state index contributed by atoms with van der Waals surface area (Å²) in [5.41, 5.74) is 6.89. The number of rotatable bonds is 5. The van der Waals surface area contributed by atoms with Gasteiger partial charge in [0.1, 0.15) is 5.75 Å². The number of sulfonamides is 1. The van der Waals surface area contributed by atoms with Crippen molar-refractivity contribution >= 4 is 40.0 Å². The average molecular weight is 454 g/mol. The van der Waals surface area contributed by atoms with Gasteiger partial charge in [-0.2, -0.15) is 0 Å². The van der Waals surface area contributed by atoms with E-state index in [1.807, 2.05) is 24.3 Å². The fourth-order valence-corrected chi connectivity index (χ4v) is 2.87. The van der Waals surface area contributed by atoms with Gasteiger partial charge in [0, 0.05) is 26.1 Å². The molecule has 1 atom stereocenters. The Balaban J connectivity index is 0.00000264. The van der Waals surface area contributed by atoms with E-state index in [2.05, 4.69) is 10.3 Å². The first-order chi connectivity index (χ1) is 10.4. The summed E-state index contributed by atoms with van der Waals surface area (Å²) in [5.74, 6) is 1.03. The molecule has 0 amide bonds. The highest BCUT2D eigenvalue weighted by Crippen LogP contribution is 2.31. The van der Waals surface area contributed by atoms with Crippen LogP contribution in [-0.4, -0.2) is 51.7 Å². The summed E-state index contributed by atoms with van der Waals surface area (Å²) in [4.78, 5) is 4.10. The van der Waals surface area contributed by atoms with Crippen molar-refractivity contribution in [2.45, 2.75) is 12.5 Å². The van der Waals surface area contributed by atoms with Crippen LogP contribution >= 0.6 is 24.0 Å². The van der Waals surface area contributed by atoms with Crippen LogP contribution in [0.5, 0.6) is 5.75 Å². The van der Waals surface area contributed by atoms with E-state index >= 15 is 0 Å². The van der Waals surface area contributed by atoms with Crippen LogP contribution < -0.4 is 15.8 Å². The van der Waals surface area contributed by atoms with E-state index in [-0.39, 0.29) is 48.3 Å². The van der Waals surface area contributed by atoms with Gasteiger partial charge in [-0.05, 0) is 6.07 Å². The first kappa shape index (κ1) is 20.0. The molecule has 1 aromatic carbocycles. The maximum absolute atomic E-state index is 11.6. The predicted molar refractivity (Wildman–Crippen MR) is 102 cm³/mol. The number of benzene rings is 1. The van der Waals surface area contributed by atoms with E-state index in [9.17, 15) is 8.42 Å². The first-order valence-electron chi connectivity index (χ1n) is 7.08. The highest BCUT2D eigenvalue weighted by Gasteiger charge is 2.21.